The maximum absolute atomic E-state index is 12.7. The zero-order valence-corrected chi connectivity index (χ0v) is 54.6. The molecular formula is C74H147NO5. The molecule has 6 nitrogen and oxygen atoms in total. The SMILES string of the molecule is CCCCCCCCCCCCCCCCCC/C=C\CCCCCCCCCCCCCCCCCCC(O)C(=O)NC(CO)C(O)C(O)CCCCCCCCCCCCCCCCCCCCCCCCCCCCCC. The first-order valence-electron chi connectivity index (χ1n) is 37.1. The Hall–Kier alpha value is -0.950. The van der Waals surface area contributed by atoms with Crippen LogP contribution in [0.4, 0.5) is 0 Å². The van der Waals surface area contributed by atoms with Gasteiger partial charge in [-0.1, -0.05) is 398 Å². The van der Waals surface area contributed by atoms with Gasteiger partial charge < -0.3 is 25.7 Å². The Balaban J connectivity index is 3.50. The van der Waals surface area contributed by atoms with E-state index in [1.54, 1.807) is 0 Å². The Morgan fingerprint density at radius 3 is 0.725 bits per heavy atom. The number of allylic oxidation sites excluding steroid dienone is 2. The maximum atomic E-state index is 12.7. The largest absolute Gasteiger partial charge is 0.394 e. The van der Waals surface area contributed by atoms with Gasteiger partial charge >= 0.3 is 0 Å². The zero-order valence-electron chi connectivity index (χ0n) is 54.6. The van der Waals surface area contributed by atoms with Gasteiger partial charge in [-0.05, 0) is 38.5 Å². The Morgan fingerprint density at radius 1 is 0.300 bits per heavy atom. The van der Waals surface area contributed by atoms with Crippen LogP contribution in [0.3, 0.4) is 0 Å². The first kappa shape index (κ1) is 79.0. The smallest absolute Gasteiger partial charge is 0.249 e. The lowest BCUT2D eigenvalue weighted by molar-refractivity contribution is -0.132. The van der Waals surface area contributed by atoms with Gasteiger partial charge in [0.1, 0.15) is 12.2 Å². The molecular weight excluding hydrogens is 983 g/mol. The van der Waals surface area contributed by atoms with E-state index in [2.05, 4.69) is 31.3 Å². The molecule has 0 aliphatic heterocycles. The summed E-state index contributed by atoms with van der Waals surface area (Å²) in [6.45, 7) is 4.12. The molecule has 0 saturated heterocycles. The molecule has 0 spiro atoms. The summed E-state index contributed by atoms with van der Waals surface area (Å²) in [5, 5.41) is 44.3. The van der Waals surface area contributed by atoms with Crippen molar-refractivity contribution in [2.24, 2.45) is 0 Å². The second kappa shape index (κ2) is 68.8. The number of aliphatic hydroxyl groups excluding tert-OH is 4. The van der Waals surface area contributed by atoms with Crippen LogP contribution in [0.1, 0.15) is 425 Å². The Bertz CT molecular complexity index is 1180. The molecule has 0 aromatic carbocycles. The van der Waals surface area contributed by atoms with Crippen molar-refractivity contribution in [1.82, 2.24) is 5.32 Å². The van der Waals surface area contributed by atoms with E-state index in [4.69, 9.17) is 0 Å². The van der Waals surface area contributed by atoms with Crippen LogP contribution in [0.25, 0.3) is 0 Å². The number of carbonyl (C=O) groups is 1. The van der Waals surface area contributed by atoms with Gasteiger partial charge in [-0.2, -0.15) is 0 Å². The van der Waals surface area contributed by atoms with Crippen LogP contribution < -0.4 is 5.32 Å². The van der Waals surface area contributed by atoms with Crippen LogP contribution in [0.5, 0.6) is 0 Å². The summed E-state index contributed by atoms with van der Waals surface area (Å²) >= 11 is 0. The molecule has 1 amide bonds. The van der Waals surface area contributed by atoms with Gasteiger partial charge in [-0.3, -0.25) is 4.79 Å². The molecule has 4 unspecified atom stereocenters. The standard InChI is InChI=1S/C74H147NO5/c1-3-5-7-9-11-13-15-17-19-21-23-25-27-29-31-33-34-35-36-37-38-39-40-42-44-46-48-50-52-54-56-58-60-62-64-66-68-72(78)74(80)75-70(69-76)73(79)71(77)67-65-63-61-59-57-55-53-51-49-47-45-43-41-32-30-28-26-24-22-20-18-16-14-12-10-8-6-4-2/h35-36,70-73,76-79H,3-34,37-69H2,1-2H3,(H,75,80)/b36-35-. The van der Waals surface area contributed by atoms with Gasteiger partial charge in [0.25, 0.3) is 0 Å². The predicted octanol–water partition coefficient (Wildman–Crippen LogP) is 23.1. The first-order valence-corrected chi connectivity index (χ1v) is 37.1. The number of amides is 1. The van der Waals surface area contributed by atoms with E-state index in [9.17, 15) is 25.2 Å². The van der Waals surface area contributed by atoms with E-state index in [1.165, 1.54) is 360 Å². The molecule has 0 rings (SSSR count). The highest BCUT2D eigenvalue weighted by Crippen LogP contribution is 2.20. The van der Waals surface area contributed by atoms with E-state index < -0.39 is 36.9 Å². The van der Waals surface area contributed by atoms with Gasteiger partial charge in [-0.15, -0.1) is 0 Å². The highest BCUT2D eigenvalue weighted by molar-refractivity contribution is 5.80. The van der Waals surface area contributed by atoms with Crippen molar-refractivity contribution in [3.63, 3.8) is 0 Å². The predicted molar refractivity (Wildman–Crippen MR) is 353 cm³/mol. The topological polar surface area (TPSA) is 110 Å². The third-order valence-electron chi connectivity index (χ3n) is 18.0. The third kappa shape index (κ3) is 61.6. The zero-order chi connectivity index (χ0) is 58.0. The number of rotatable bonds is 70. The van der Waals surface area contributed by atoms with Gasteiger partial charge in [-0.25, -0.2) is 0 Å². The molecule has 478 valence electrons. The first-order chi connectivity index (χ1) is 39.5. The molecule has 0 radical (unpaired) electrons. The van der Waals surface area contributed by atoms with E-state index >= 15 is 0 Å². The summed E-state index contributed by atoms with van der Waals surface area (Å²) in [7, 11) is 0. The molecule has 0 aliphatic rings. The molecule has 0 fully saturated rings. The molecule has 0 saturated carbocycles. The quantitative estimate of drug-likeness (QED) is 0.0308. The van der Waals surface area contributed by atoms with Crippen molar-refractivity contribution in [1.29, 1.82) is 0 Å². The van der Waals surface area contributed by atoms with Gasteiger partial charge in [0.15, 0.2) is 0 Å². The number of hydrogen-bond acceptors (Lipinski definition) is 5. The average molecular weight is 1130 g/mol. The monoisotopic (exact) mass is 1130 g/mol. The number of hydrogen-bond donors (Lipinski definition) is 5. The fourth-order valence-electron chi connectivity index (χ4n) is 12.2. The van der Waals surface area contributed by atoms with Crippen molar-refractivity contribution in [2.45, 2.75) is 449 Å². The van der Waals surface area contributed by atoms with Crippen molar-refractivity contribution >= 4 is 5.91 Å². The van der Waals surface area contributed by atoms with E-state index in [0.717, 1.165) is 38.5 Å². The second-order valence-electron chi connectivity index (χ2n) is 26.0. The lowest BCUT2D eigenvalue weighted by atomic mass is 9.99. The summed E-state index contributed by atoms with van der Waals surface area (Å²) in [5.41, 5.74) is 0. The Labute approximate surface area is 502 Å². The van der Waals surface area contributed by atoms with Crippen LogP contribution in [0.2, 0.25) is 0 Å². The molecule has 0 bridgehead atoms. The van der Waals surface area contributed by atoms with Gasteiger partial charge in [0.2, 0.25) is 5.91 Å². The van der Waals surface area contributed by atoms with Crippen molar-refractivity contribution in [3.8, 4) is 0 Å². The van der Waals surface area contributed by atoms with Crippen LogP contribution in [0, 0.1) is 0 Å². The number of nitrogens with one attached hydrogen (secondary N) is 1. The normalized spacial score (nSPS) is 13.4. The van der Waals surface area contributed by atoms with E-state index in [-0.39, 0.29) is 0 Å². The number of unbranched alkanes of at least 4 members (excludes halogenated alkanes) is 59. The summed E-state index contributed by atoms with van der Waals surface area (Å²) in [6.07, 6.45) is 86.4. The minimum atomic E-state index is -1.26. The molecule has 0 aromatic rings. The summed E-state index contributed by atoms with van der Waals surface area (Å²) < 4.78 is 0. The molecule has 0 aliphatic carbocycles. The highest BCUT2D eigenvalue weighted by Gasteiger charge is 2.28. The summed E-state index contributed by atoms with van der Waals surface area (Å²) in [5.74, 6) is -0.574. The third-order valence-corrected chi connectivity index (χ3v) is 18.0. The summed E-state index contributed by atoms with van der Waals surface area (Å²) in [6, 6.07) is -0.984. The van der Waals surface area contributed by atoms with E-state index in [1.807, 2.05) is 0 Å². The Morgan fingerprint density at radius 2 is 0.500 bits per heavy atom. The minimum absolute atomic E-state index is 0.374. The van der Waals surface area contributed by atoms with Crippen molar-refractivity contribution in [2.75, 3.05) is 6.61 Å². The summed E-state index contributed by atoms with van der Waals surface area (Å²) in [4.78, 5) is 12.7. The Kier molecular flexibility index (Phi) is 68.0. The van der Waals surface area contributed by atoms with E-state index in [0.29, 0.717) is 12.8 Å². The van der Waals surface area contributed by atoms with Crippen LogP contribution in [-0.2, 0) is 4.79 Å². The molecule has 0 aromatic heterocycles. The van der Waals surface area contributed by atoms with Crippen LogP contribution in [0.15, 0.2) is 12.2 Å². The molecule has 5 N–H and O–H groups in total. The number of aliphatic hydroxyl groups is 4. The number of carbonyl (C=O) groups excluding carboxylic acids is 1. The lowest BCUT2D eigenvalue weighted by Crippen LogP contribution is -2.53. The second-order valence-corrected chi connectivity index (χ2v) is 26.0. The van der Waals surface area contributed by atoms with Gasteiger partial charge in [0.05, 0.1) is 18.8 Å². The highest BCUT2D eigenvalue weighted by atomic mass is 16.3. The van der Waals surface area contributed by atoms with Crippen molar-refractivity contribution < 1.29 is 25.2 Å². The maximum Gasteiger partial charge on any atom is 0.249 e. The minimum Gasteiger partial charge on any atom is -0.394 e. The average Bonchev–Trinajstić information content (AvgIpc) is 3.46. The fraction of sp³-hybridized carbons (Fsp3) is 0.959. The molecule has 0 heterocycles. The van der Waals surface area contributed by atoms with Crippen LogP contribution in [-0.4, -0.2) is 57.3 Å². The van der Waals surface area contributed by atoms with Crippen molar-refractivity contribution in [3.05, 3.63) is 12.2 Å². The van der Waals surface area contributed by atoms with Crippen LogP contribution >= 0.6 is 0 Å². The fourth-order valence-corrected chi connectivity index (χ4v) is 12.2. The molecule has 80 heavy (non-hydrogen) atoms. The molecule has 4 atom stereocenters. The van der Waals surface area contributed by atoms with Gasteiger partial charge in [0, 0.05) is 0 Å². The lowest BCUT2D eigenvalue weighted by Gasteiger charge is -2.27. The molecule has 6 heteroatoms.